The fourth-order valence-electron chi connectivity index (χ4n) is 3.24. The minimum atomic E-state index is -0.497. The van der Waals surface area contributed by atoms with E-state index in [0.717, 1.165) is 16.9 Å². The fourth-order valence-corrected chi connectivity index (χ4v) is 3.24. The van der Waals surface area contributed by atoms with Gasteiger partial charge in [0.25, 0.3) is 0 Å². The van der Waals surface area contributed by atoms with Gasteiger partial charge in [-0.3, -0.25) is 9.83 Å². The highest BCUT2D eigenvalue weighted by Crippen LogP contribution is 2.35. The molecule has 28 heavy (non-hydrogen) atoms. The third-order valence-electron chi connectivity index (χ3n) is 4.71. The Kier molecular flexibility index (Phi) is 4.60. The smallest absolute Gasteiger partial charge is 0.238 e. The molecule has 3 heterocycles. The van der Waals surface area contributed by atoms with E-state index in [0.29, 0.717) is 17.4 Å². The molecule has 3 aromatic rings. The van der Waals surface area contributed by atoms with Crippen LogP contribution in [0.1, 0.15) is 36.8 Å². The molecule has 1 aliphatic heterocycles. The van der Waals surface area contributed by atoms with Crippen LogP contribution in [0.5, 0.6) is 5.88 Å². The molecular weight excluding hydrogens is 354 g/mol. The van der Waals surface area contributed by atoms with Gasteiger partial charge in [-0.25, -0.2) is 15.4 Å². The molecule has 0 bridgehead atoms. The summed E-state index contributed by atoms with van der Waals surface area (Å²) in [5, 5.41) is 0. The molecular formula is C21H23N5O2. The number of aryl methyl sites for hydroxylation is 1. The van der Waals surface area contributed by atoms with Crippen LogP contribution in [-0.2, 0) is 4.84 Å². The number of benzene rings is 1. The van der Waals surface area contributed by atoms with E-state index >= 15 is 0 Å². The van der Waals surface area contributed by atoms with Gasteiger partial charge in [0.2, 0.25) is 5.88 Å². The second-order valence-electron chi connectivity index (χ2n) is 7.25. The highest BCUT2D eigenvalue weighted by Gasteiger charge is 2.36. The number of nitrogens with zero attached hydrogens (tertiary/aromatic N) is 4. The van der Waals surface area contributed by atoms with E-state index < -0.39 is 5.60 Å². The van der Waals surface area contributed by atoms with Crippen molar-refractivity contribution >= 4 is 5.84 Å². The first-order valence-corrected chi connectivity index (χ1v) is 9.11. The largest absolute Gasteiger partial charge is 0.479 e. The zero-order valence-corrected chi connectivity index (χ0v) is 16.4. The van der Waals surface area contributed by atoms with Crippen molar-refractivity contribution in [2.24, 2.45) is 4.99 Å². The van der Waals surface area contributed by atoms with Crippen molar-refractivity contribution in [2.45, 2.75) is 32.4 Å². The Morgan fingerprint density at radius 1 is 1.14 bits per heavy atom. The highest BCUT2D eigenvalue weighted by atomic mass is 16.7. The molecule has 1 N–H and O–H groups in total. The second-order valence-corrected chi connectivity index (χ2v) is 7.25. The van der Waals surface area contributed by atoms with Crippen LogP contribution in [0.25, 0.3) is 5.69 Å². The zero-order valence-electron chi connectivity index (χ0n) is 16.4. The van der Waals surface area contributed by atoms with Crippen LogP contribution in [0, 0.1) is 6.92 Å². The van der Waals surface area contributed by atoms with Crippen molar-refractivity contribution in [3.05, 3.63) is 71.9 Å². The monoisotopic (exact) mass is 377 g/mol. The summed E-state index contributed by atoms with van der Waals surface area (Å²) in [6, 6.07) is 13.8. The van der Waals surface area contributed by atoms with Crippen molar-refractivity contribution in [1.82, 2.24) is 20.0 Å². The van der Waals surface area contributed by atoms with Gasteiger partial charge in [0.1, 0.15) is 23.0 Å². The minimum absolute atomic E-state index is 0.159. The van der Waals surface area contributed by atoms with Crippen LogP contribution in [0.4, 0.5) is 0 Å². The maximum atomic E-state index is 5.91. The van der Waals surface area contributed by atoms with Crippen LogP contribution >= 0.6 is 0 Å². The molecule has 144 valence electrons. The predicted molar refractivity (Wildman–Crippen MR) is 107 cm³/mol. The normalized spacial score (nSPS) is 18.3. The number of ether oxygens (including phenoxy) is 1. The molecule has 0 radical (unpaired) electrons. The zero-order chi connectivity index (χ0) is 19.7. The number of hydroxylamine groups is 1. The molecule has 0 saturated carbocycles. The number of hydrogen-bond acceptors (Lipinski definition) is 6. The fraction of sp³-hybridized carbons (Fsp3) is 0.286. The standard InChI is InChI=1S/C21H23N5O2/c1-14-12-26(13-22-14)17-11-10-16(23-20(17)27-4)19-24-18(21(2,3)28-25-19)15-8-6-5-7-9-15/h5-13,18H,1-4H3,(H,24,25). The van der Waals surface area contributed by atoms with Gasteiger partial charge in [0.15, 0.2) is 5.84 Å². The maximum absolute atomic E-state index is 5.91. The number of hydrogen-bond donors (Lipinski definition) is 1. The average molecular weight is 377 g/mol. The van der Waals surface area contributed by atoms with Crippen LogP contribution in [0.2, 0.25) is 0 Å². The third kappa shape index (κ3) is 3.36. The van der Waals surface area contributed by atoms with E-state index in [9.17, 15) is 0 Å². The second kappa shape index (κ2) is 7.09. The molecule has 0 aliphatic carbocycles. The molecule has 4 rings (SSSR count). The Labute approximate surface area is 164 Å². The topological polar surface area (TPSA) is 73.6 Å². The Balaban J connectivity index is 1.73. The summed E-state index contributed by atoms with van der Waals surface area (Å²) < 4.78 is 7.39. The van der Waals surface area contributed by atoms with Gasteiger partial charge in [-0.2, -0.15) is 0 Å². The lowest BCUT2D eigenvalue weighted by atomic mass is 9.92. The lowest BCUT2D eigenvalue weighted by Crippen LogP contribution is -2.45. The van der Waals surface area contributed by atoms with Crippen molar-refractivity contribution < 1.29 is 9.57 Å². The molecule has 0 spiro atoms. The maximum Gasteiger partial charge on any atom is 0.238 e. The summed E-state index contributed by atoms with van der Waals surface area (Å²) in [4.78, 5) is 19.7. The van der Waals surface area contributed by atoms with Crippen molar-refractivity contribution in [2.75, 3.05) is 7.11 Å². The molecule has 1 unspecified atom stereocenters. The number of aliphatic imine (C=N–C) groups is 1. The van der Waals surface area contributed by atoms with Gasteiger partial charge in [-0.1, -0.05) is 30.3 Å². The summed E-state index contributed by atoms with van der Waals surface area (Å²) in [5.41, 5.74) is 5.92. The predicted octanol–water partition coefficient (Wildman–Crippen LogP) is 3.39. The molecule has 7 heteroatoms. The van der Waals surface area contributed by atoms with Gasteiger partial charge in [-0.15, -0.1) is 0 Å². The first kappa shape index (κ1) is 18.2. The molecule has 1 aliphatic rings. The third-order valence-corrected chi connectivity index (χ3v) is 4.71. The van der Waals surface area contributed by atoms with Crippen molar-refractivity contribution in [3.63, 3.8) is 0 Å². The van der Waals surface area contributed by atoms with Crippen molar-refractivity contribution in [3.8, 4) is 11.6 Å². The summed E-state index contributed by atoms with van der Waals surface area (Å²) >= 11 is 0. The number of nitrogens with one attached hydrogen (secondary N) is 1. The van der Waals surface area contributed by atoms with E-state index in [-0.39, 0.29) is 6.04 Å². The number of aromatic nitrogens is 3. The van der Waals surface area contributed by atoms with E-state index in [2.05, 4.69) is 27.6 Å². The lowest BCUT2D eigenvalue weighted by Gasteiger charge is -2.36. The Morgan fingerprint density at radius 2 is 1.93 bits per heavy atom. The first-order valence-electron chi connectivity index (χ1n) is 9.11. The SMILES string of the molecule is COc1nc(C2=NC(c3ccccc3)C(C)(C)ON2)ccc1-n1cnc(C)c1. The number of amidine groups is 1. The molecule has 1 atom stereocenters. The van der Waals surface area contributed by atoms with Gasteiger partial charge in [0, 0.05) is 6.20 Å². The minimum Gasteiger partial charge on any atom is -0.479 e. The van der Waals surface area contributed by atoms with Gasteiger partial charge < -0.3 is 9.30 Å². The van der Waals surface area contributed by atoms with E-state index in [1.54, 1.807) is 13.4 Å². The van der Waals surface area contributed by atoms with Crippen LogP contribution < -0.4 is 10.2 Å². The summed E-state index contributed by atoms with van der Waals surface area (Å²) in [7, 11) is 1.60. The number of rotatable bonds is 4. The van der Waals surface area contributed by atoms with Crippen LogP contribution in [0.3, 0.4) is 0 Å². The van der Waals surface area contributed by atoms with Gasteiger partial charge >= 0.3 is 0 Å². The number of imidazole rings is 1. The Hall–Kier alpha value is -3.19. The van der Waals surface area contributed by atoms with Crippen molar-refractivity contribution in [1.29, 1.82) is 0 Å². The van der Waals surface area contributed by atoms with E-state index in [1.807, 2.05) is 61.9 Å². The van der Waals surface area contributed by atoms with Gasteiger partial charge in [-0.05, 0) is 38.5 Å². The first-order chi connectivity index (χ1) is 13.5. The molecule has 0 amide bonds. The number of methoxy groups -OCH3 is 1. The van der Waals surface area contributed by atoms with E-state index in [4.69, 9.17) is 14.6 Å². The summed E-state index contributed by atoms with van der Waals surface area (Å²) in [6.07, 6.45) is 3.66. The summed E-state index contributed by atoms with van der Waals surface area (Å²) in [6.45, 7) is 5.96. The molecule has 2 aromatic heterocycles. The summed E-state index contributed by atoms with van der Waals surface area (Å²) in [5.74, 6) is 1.06. The Bertz CT molecular complexity index is 1010. The average Bonchev–Trinajstić information content (AvgIpc) is 3.14. The molecule has 7 nitrogen and oxygen atoms in total. The highest BCUT2D eigenvalue weighted by molar-refractivity contribution is 5.97. The lowest BCUT2D eigenvalue weighted by molar-refractivity contribution is -0.0822. The molecule has 0 saturated heterocycles. The number of pyridine rings is 1. The van der Waals surface area contributed by atoms with Crippen LogP contribution in [-0.4, -0.2) is 33.1 Å². The molecule has 0 fully saturated rings. The van der Waals surface area contributed by atoms with E-state index in [1.165, 1.54) is 0 Å². The Morgan fingerprint density at radius 3 is 2.61 bits per heavy atom. The van der Waals surface area contributed by atoms with Gasteiger partial charge in [0.05, 0.1) is 19.1 Å². The quantitative estimate of drug-likeness (QED) is 0.754. The molecule has 1 aromatic carbocycles. The van der Waals surface area contributed by atoms with Crippen LogP contribution in [0.15, 0.2) is 60.0 Å².